The molecule has 6 rings (SSSR count). The van der Waals surface area contributed by atoms with Crippen molar-refractivity contribution in [2.45, 2.75) is 0 Å². The van der Waals surface area contributed by atoms with Crippen LogP contribution in [0, 0.1) is 6.07 Å². The number of anilines is 1. The van der Waals surface area contributed by atoms with Crippen LogP contribution in [0.15, 0.2) is 85.0 Å². The molecule has 0 atom stereocenters. The summed E-state index contributed by atoms with van der Waals surface area (Å²) in [6.45, 7) is 0. The number of hydrogen-bond donors (Lipinski definition) is 1. The summed E-state index contributed by atoms with van der Waals surface area (Å²) in [4.78, 5) is 11.0. The molecule has 0 radical (unpaired) electrons. The fourth-order valence-electron chi connectivity index (χ4n) is 4.34. The van der Waals surface area contributed by atoms with Gasteiger partial charge in [0.15, 0.2) is 0 Å². The monoisotopic (exact) mass is 641 g/mol. The van der Waals surface area contributed by atoms with E-state index in [0.29, 0.717) is 23.0 Å². The van der Waals surface area contributed by atoms with Crippen LogP contribution in [-0.4, -0.2) is 33.7 Å². The van der Waals surface area contributed by atoms with E-state index in [-0.39, 0.29) is 33.0 Å². The molecular formula is C28H21N4O2Pt-. The molecule has 0 aliphatic rings. The number of benzene rings is 3. The van der Waals surface area contributed by atoms with E-state index in [9.17, 15) is 5.11 Å². The maximum atomic E-state index is 10.4. The summed E-state index contributed by atoms with van der Waals surface area (Å²) in [6, 6.07) is 27.8. The summed E-state index contributed by atoms with van der Waals surface area (Å²) in [7, 11) is 3.87. The van der Waals surface area contributed by atoms with Gasteiger partial charge in [0.2, 0.25) is 5.88 Å². The minimum atomic E-state index is 0. The minimum Gasteiger partial charge on any atom is -0.506 e. The normalized spacial score (nSPS) is 11.4. The van der Waals surface area contributed by atoms with E-state index < -0.39 is 0 Å². The molecule has 3 aromatic heterocycles. The molecule has 1 N–H and O–H groups in total. The summed E-state index contributed by atoms with van der Waals surface area (Å²) in [5.41, 5.74) is 3.11. The maximum absolute atomic E-state index is 10.4. The number of hydrogen-bond acceptors (Lipinski definition) is 5. The van der Waals surface area contributed by atoms with E-state index in [1.54, 1.807) is 18.2 Å². The van der Waals surface area contributed by atoms with E-state index in [0.717, 1.165) is 32.9 Å². The number of nitrogens with zero attached hydrogens (tertiary/aromatic N) is 4. The molecule has 6 nitrogen and oxygen atoms in total. The van der Waals surface area contributed by atoms with Gasteiger partial charge in [0.05, 0.1) is 7.06 Å². The zero-order valence-electron chi connectivity index (χ0n) is 20.0. The Morgan fingerprint density at radius 1 is 0.943 bits per heavy atom. The Labute approximate surface area is 218 Å². The van der Waals surface area contributed by atoms with Gasteiger partial charge in [-0.2, -0.15) is 6.07 Å². The molecule has 0 unspecified atom stereocenters. The quantitative estimate of drug-likeness (QED) is 0.236. The van der Waals surface area contributed by atoms with Gasteiger partial charge >= 0.3 is 0 Å². The predicted molar refractivity (Wildman–Crippen MR) is 135 cm³/mol. The third-order valence-corrected chi connectivity index (χ3v) is 5.85. The second-order valence-electron chi connectivity index (χ2n) is 8.21. The first-order chi connectivity index (χ1) is 17.0. The predicted octanol–water partition coefficient (Wildman–Crippen LogP) is 6.09. The summed E-state index contributed by atoms with van der Waals surface area (Å²) in [6.07, 6.45) is 0.192. The first-order valence-electron chi connectivity index (χ1n) is 11.4. The van der Waals surface area contributed by atoms with Crippen LogP contribution < -0.4 is 9.64 Å². The van der Waals surface area contributed by atoms with Gasteiger partial charge in [-0.05, 0) is 29.7 Å². The van der Waals surface area contributed by atoms with Gasteiger partial charge in [-0.25, -0.2) is 9.97 Å². The van der Waals surface area contributed by atoms with Crippen molar-refractivity contribution in [3.05, 3.63) is 91.1 Å². The van der Waals surface area contributed by atoms with Gasteiger partial charge in [0, 0.05) is 64.1 Å². The third-order valence-electron chi connectivity index (χ3n) is 5.85. The SMILES string of the molecule is [2H]c1cccc(-n2c3[c-]c(Oc4cc(N(C)C)c5cccc(O)c5n4)ccc3c3ccccc32)n1.[Pt]. The van der Waals surface area contributed by atoms with Gasteiger partial charge in [0.1, 0.15) is 17.1 Å². The van der Waals surface area contributed by atoms with Crippen molar-refractivity contribution in [3.63, 3.8) is 0 Å². The molecule has 0 saturated heterocycles. The van der Waals surface area contributed by atoms with Gasteiger partial charge < -0.3 is 19.3 Å². The minimum absolute atomic E-state index is 0. The molecule has 0 saturated carbocycles. The first kappa shape index (κ1) is 21.6. The summed E-state index contributed by atoms with van der Waals surface area (Å²) in [5.74, 6) is 1.57. The Hall–Kier alpha value is -3.89. The number of para-hydroxylation sites is 2. The van der Waals surface area contributed by atoms with Crippen LogP contribution in [0.2, 0.25) is 0 Å². The number of pyridine rings is 2. The third kappa shape index (κ3) is 3.90. The van der Waals surface area contributed by atoms with E-state index >= 15 is 0 Å². The van der Waals surface area contributed by atoms with Crippen molar-refractivity contribution in [1.29, 1.82) is 0 Å². The van der Waals surface area contributed by atoms with Gasteiger partial charge in [-0.1, -0.05) is 41.9 Å². The van der Waals surface area contributed by atoms with Crippen LogP contribution in [0.5, 0.6) is 17.4 Å². The molecule has 0 aliphatic carbocycles. The van der Waals surface area contributed by atoms with Crippen LogP contribution in [0.25, 0.3) is 38.5 Å². The fourth-order valence-corrected chi connectivity index (χ4v) is 4.34. The smallest absolute Gasteiger partial charge is 0.219 e. The topological polar surface area (TPSA) is 63.4 Å². The number of ether oxygens (including phenoxy) is 1. The maximum Gasteiger partial charge on any atom is 0.219 e. The van der Waals surface area contributed by atoms with Crippen molar-refractivity contribution in [1.82, 2.24) is 14.5 Å². The van der Waals surface area contributed by atoms with Crippen LogP contribution >= 0.6 is 0 Å². The molecular weight excluding hydrogens is 619 g/mol. The van der Waals surface area contributed by atoms with Crippen LogP contribution in [-0.2, 0) is 21.1 Å². The Bertz CT molecular complexity index is 1750. The van der Waals surface area contributed by atoms with Crippen molar-refractivity contribution in [2.24, 2.45) is 0 Å². The number of fused-ring (bicyclic) bond motifs is 4. The fraction of sp³-hybridized carbons (Fsp3) is 0.0714. The average molecular weight is 642 g/mol. The number of phenols is 1. The molecule has 0 bridgehead atoms. The zero-order chi connectivity index (χ0) is 24.1. The van der Waals surface area contributed by atoms with E-state index in [2.05, 4.69) is 22.1 Å². The van der Waals surface area contributed by atoms with Crippen molar-refractivity contribution >= 4 is 38.4 Å². The van der Waals surface area contributed by atoms with E-state index in [1.807, 2.05) is 78.2 Å². The van der Waals surface area contributed by atoms with E-state index in [1.165, 1.54) is 0 Å². The van der Waals surface area contributed by atoms with Gasteiger partial charge in [-0.3, -0.25) is 0 Å². The number of aromatic nitrogens is 3. The largest absolute Gasteiger partial charge is 0.506 e. The zero-order valence-corrected chi connectivity index (χ0v) is 21.2. The Morgan fingerprint density at radius 3 is 2.57 bits per heavy atom. The van der Waals surface area contributed by atoms with E-state index in [4.69, 9.17) is 6.11 Å². The van der Waals surface area contributed by atoms with Gasteiger partial charge in [0.25, 0.3) is 0 Å². The molecule has 0 fully saturated rings. The van der Waals surface area contributed by atoms with Gasteiger partial charge in [-0.15, -0.1) is 17.5 Å². The van der Waals surface area contributed by atoms with Crippen LogP contribution in [0.1, 0.15) is 1.37 Å². The van der Waals surface area contributed by atoms with Crippen molar-refractivity contribution < 1.29 is 32.3 Å². The molecule has 35 heavy (non-hydrogen) atoms. The molecule has 6 aromatic rings. The summed E-state index contributed by atoms with van der Waals surface area (Å²) < 4.78 is 16.2. The number of rotatable bonds is 4. The molecule has 0 spiro atoms. The van der Waals surface area contributed by atoms with Crippen LogP contribution in [0.3, 0.4) is 0 Å². The number of aromatic hydroxyl groups is 1. The van der Waals surface area contributed by atoms with Crippen LogP contribution in [0.4, 0.5) is 5.69 Å². The standard InChI is InChI=1S/C28H21N4O2.Pt/c1-31(2)23-17-27(30-28-21(23)9-7-11-25(28)33)34-18-13-14-20-19-8-3-4-10-22(19)32(24(20)16-18)26-12-5-6-15-29-26;/h3-15,17,33H,1-2H3;/q-1;/i15D;. The van der Waals surface area contributed by atoms with Crippen molar-refractivity contribution in [2.75, 3.05) is 19.0 Å². The second kappa shape index (κ2) is 9.04. The Kier molecular flexibility index (Phi) is 5.59. The molecule has 0 aliphatic heterocycles. The number of phenolic OH excluding ortho intramolecular Hbond substituents is 1. The molecule has 176 valence electrons. The van der Waals surface area contributed by atoms with Crippen molar-refractivity contribution in [3.8, 4) is 23.2 Å². The first-order valence-corrected chi connectivity index (χ1v) is 10.9. The average Bonchev–Trinajstić information content (AvgIpc) is 3.18. The summed E-state index contributed by atoms with van der Waals surface area (Å²) in [5, 5.41) is 13.3. The molecule has 7 heteroatoms. The molecule has 0 amide bonds. The Morgan fingerprint density at radius 2 is 1.74 bits per heavy atom. The Balaban J connectivity index is 0.00000267. The molecule has 3 aromatic carbocycles. The summed E-state index contributed by atoms with van der Waals surface area (Å²) >= 11 is 0. The second-order valence-corrected chi connectivity index (χ2v) is 8.21. The molecule has 3 heterocycles.